The van der Waals surface area contributed by atoms with Gasteiger partial charge in [0.1, 0.15) is 12.0 Å². The van der Waals surface area contributed by atoms with E-state index in [1.54, 1.807) is 0 Å². The van der Waals surface area contributed by atoms with Gasteiger partial charge in [0.25, 0.3) is 0 Å². The van der Waals surface area contributed by atoms with Gasteiger partial charge in [0.15, 0.2) is 11.0 Å². The Morgan fingerprint density at radius 3 is 2.95 bits per heavy atom. The molecule has 2 aromatic rings. The molecule has 0 amide bonds. The molecule has 0 spiro atoms. The third-order valence-corrected chi connectivity index (χ3v) is 5.08. The summed E-state index contributed by atoms with van der Waals surface area (Å²) in [6, 6.07) is 0. The Kier molecular flexibility index (Phi) is 4.55. The van der Waals surface area contributed by atoms with Crippen LogP contribution in [0.3, 0.4) is 0 Å². The molecule has 112 valence electrons. The molecule has 2 N–H and O–H groups in total. The molecule has 0 radical (unpaired) electrons. The van der Waals surface area contributed by atoms with Gasteiger partial charge >= 0.3 is 0 Å². The number of anilines is 2. The highest BCUT2D eigenvalue weighted by Crippen LogP contribution is 2.28. The summed E-state index contributed by atoms with van der Waals surface area (Å²) in [5.74, 6) is 0.735. The fourth-order valence-corrected chi connectivity index (χ4v) is 3.90. The van der Waals surface area contributed by atoms with E-state index < -0.39 is 0 Å². The van der Waals surface area contributed by atoms with Crippen LogP contribution in [-0.4, -0.2) is 28.5 Å². The molecular formula is C14H18ClN5S. The quantitative estimate of drug-likeness (QED) is 0.828. The molecule has 7 heteroatoms. The van der Waals surface area contributed by atoms with E-state index in [2.05, 4.69) is 20.6 Å². The number of hydrogen-bond donors (Lipinski definition) is 2. The van der Waals surface area contributed by atoms with Gasteiger partial charge in [-0.3, -0.25) is 0 Å². The second kappa shape index (κ2) is 6.58. The first kappa shape index (κ1) is 14.5. The van der Waals surface area contributed by atoms with Crippen molar-refractivity contribution in [3.8, 4) is 0 Å². The first-order chi connectivity index (χ1) is 10.3. The summed E-state index contributed by atoms with van der Waals surface area (Å²) in [6.45, 7) is 0.786. The van der Waals surface area contributed by atoms with E-state index in [4.69, 9.17) is 16.6 Å². The first-order valence-corrected chi connectivity index (χ1v) is 8.37. The number of nitrogens with zero attached hydrogens (tertiary/aromatic N) is 3. The van der Waals surface area contributed by atoms with Gasteiger partial charge in [-0.15, -0.1) is 11.3 Å². The van der Waals surface area contributed by atoms with E-state index in [0.717, 1.165) is 30.9 Å². The molecule has 0 saturated carbocycles. The van der Waals surface area contributed by atoms with Crippen LogP contribution in [-0.2, 0) is 19.3 Å². The average Bonchev–Trinajstić information content (AvgIpc) is 2.90. The molecule has 0 aromatic carbocycles. The first-order valence-electron chi connectivity index (χ1n) is 7.17. The minimum atomic E-state index is 0.430. The van der Waals surface area contributed by atoms with E-state index in [9.17, 15) is 0 Å². The topological polar surface area (TPSA) is 62.7 Å². The molecular weight excluding hydrogens is 306 g/mol. The predicted molar refractivity (Wildman–Crippen MR) is 87.5 cm³/mol. The number of fused-ring (bicyclic) bond motifs is 1. The van der Waals surface area contributed by atoms with Crippen molar-refractivity contribution in [1.29, 1.82) is 0 Å². The van der Waals surface area contributed by atoms with Crippen LogP contribution in [0.4, 0.5) is 11.5 Å². The maximum absolute atomic E-state index is 6.03. The lowest BCUT2D eigenvalue weighted by molar-refractivity contribution is 0.680. The van der Waals surface area contributed by atoms with E-state index in [0.29, 0.717) is 5.15 Å². The standard InChI is InChI=1S/C14H18ClN5S/c1-16-12-13(15)18-8-19-14(12)17-7-6-11-20-9-4-2-3-5-10(9)21-11/h8,16H,2-7H2,1H3,(H,17,18,19). The van der Waals surface area contributed by atoms with E-state index in [1.807, 2.05) is 18.4 Å². The molecule has 1 aliphatic rings. The lowest BCUT2D eigenvalue weighted by Crippen LogP contribution is -2.09. The number of rotatable bonds is 5. The van der Waals surface area contributed by atoms with Gasteiger partial charge in [-0.25, -0.2) is 15.0 Å². The minimum Gasteiger partial charge on any atom is -0.383 e. The Morgan fingerprint density at radius 1 is 1.29 bits per heavy atom. The van der Waals surface area contributed by atoms with Gasteiger partial charge in [-0.2, -0.15) is 0 Å². The highest BCUT2D eigenvalue weighted by Gasteiger charge is 2.15. The van der Waals surface area contributed by atoms with Gasteiger partial charge in [0.2, 0.25) is 0 Å². The number of hydrogen-bond acceptors (Lipinski definition) is 6. The molecule has 0 unspecified atom stereocenters. The monoisotopic (exact) mass is 323 g/mol. The van der Waals surface area contributed by atoms with Crippen LogP contribution in [0.5, 0.6) is 0 Å². The van der Waals surface area contributed by atoms with Crippen LogP contribution in [0.15, 0.2) is 6.33 Å². The molecule has 2 heterocycles. The molecule has 3 rings (SSSR count). The van der Waals surface area contributed by atoms with Gasteiger partial charge in [0, 0.05) is 24.9 Å². The second-order valence-corrected chi connectivity index (χ2v) is 6.53. The number of halogens is 1. The highest BCUT2D eigenvalue weighted by molar-refractivity contribution is 7.11. The third kappa shape index (κ3) is 3.27. The number of thiazole rings is 1. The Balaban J connectivity index is 1.61. The van der Waals surface area contributed by atoms with Gasteiger partial charge in [0.05, 0.1) is 10.7 Å². The Morgan fingerprint density at radius 2 is 2.14 bits per heavy atom. The van der Waals surface area contributed by atoms with Crippen molar-refractivity contribution in [2.24, 2.45) is 0 Å². The third-order valence-electron chi connectivity index (χ3n) is 3.57. The van der Waals surface area contributed by atoms with Gasteiger partial charge < -0.3 is 10.6 Å². The van der Waals surface area contributed by atoms with Crippen molar-refractivity contribution >= 4 is 34.4 Å². The van der Waals surface area contributed by atoms with Crippen molar-refractivity contribution in [3.05, 3.63) is 27.1 Å². The van der Waals surface area contributed by atoms with Crippen molar-refractivity contribution in [2.75, 3.05) is 24.2 Å². The number of nitrogens with one attached hydrogen (secondary N) is 2. The SMILES string of the molecule is CNc1c(Cl)ncnc1NCCc1nc2c(s1)CCCC2. The summed E-state index contributed by atoms with van der Waals surface area (Å²) < 4.78 is 0. The minimum absolute atomic E-state index is 0.430. The Bertz CT molecular complexity index is 604. The molecule has 21 heavy (non-hydrogen) atoms. The summed E-state index contributed by atoms with van der Waals surface area (Å²) >= 11 is 7.89. The van der Waals surface area contributed by atoms with E-state index in [-0.39, 0.29) is 0 Å². The fraction of sp³-hybridized carbons (Fsp3) is 0.500. The van der Waals surface area contributed by atoms with Crippen LogP contribution in [0, 0.1) is 0 Å². The zero-order valence-electron chi connectivity index (χ0n) is 11.9. The molecule has 0 bridgehead atoms. The van der Waals surface area contributed by atoms with Crippen molar-refractivity contribution in [1.82, 2.24) is 15.0 Å². The average molecular weight is 324 g/mol. The lowest BCUT2D eigenvalue weighted by Gasteiger charge is -2.10. The summed E-state index contributed by atoms with van der Waals surface area (Å²) in [5.41, 5.74) is 2.06. The fourth-order valence-electron chi connectivity index (χ4n) is 2.52. The molecule has 0 saturated heterocycles. The molecule has 1 aliphatic carbocycles. The van der Waals surface area contributed by atoms with Crippen molar-refractivity contribution in [2.45, 2.75) is 32.1 Å². The zero-order valence-corrected chi connectivity index (χ0v) is 13.5. The normalized spacial score (nSPS) is 13.8. The molecule has 0 aliphatic heterocycles. The van der Waals surface area contributed by atoms with Crippen LogP contribution >= 0.6 is 22.9 Å². The summed E-state index contributed by atoms with van der Waals surface area (Å²) in [5, 5.41) is 7.96. The number of aryl methyl sites for hydroxylation is 2. The smallest absolute Gasteiger partial charge is 0.157 e. The second-order valence-electron chi connectivity index (χ2n) is 5.00. The molecule has 5 nitrogen and oxygen atoms in total. The van der Waals surface area contributed by atoms with E-state index >= 15 is 0 Å². The molecule has 0 fully saturated rings. The lowest BCUT2D eigenvalue weighted by atomic mass is 10.0. The predicted octanol–water partition coefficient (Wildman–Crippen LogP) is 3.16. The number of aromatic nitrogens is 3. The summed E-state index contributed by atoms with van der Waals surface area (Å²) in [6.07, 6.45) is 7.30. The maximum atomic E-state index is 6.03. The van der Waals surface area contributed by atoms with Crippen LogP contribution < -0.4 is 10.6 Å². The van der Waals surface area contributed by atoms with Crippen LogP contribution in [0.2, 0.25) is 5.15 Å². The van der Waals surface area contributed by atoms with Crippen LogP contribution in [0.25, 0.3) is 0 Å². The van der Waals surface area contributed by atoms with Gasteiger partial charge in [-0.1, -0.05) is 11.6 Å². The van der Waals surface area contributed by atoms with Gasteiger partial charge in [-0.05, 0) is 25.7 Å². The van der Waals surface area contributed by atoms with Crippen LogP contribution in [0.1, 0.15) is 28.4 Å². The Labute approximate surface area is 133 Å². The molecule has 2 aromatic heterocycles. The van der Waals surface area contributed by atoms with Crippen molar-refractivity contribution in [3.63, 3.8) is 0 Å². The summed E-state index contributed by atoms with van der Waals surface area (Å²) in [4.78, 5) is 14.4. The Hall–Kier alpha value is -1.40. The largest absolute Gasteiger partial charge is 0.383 e. The maximum Gasteiger partial charge on any atom is 0.157 e. The van der Waals surface area contributed by atoms with Crippen molar-refractivity contribution < 1.29 is 0 Å². The highest BCUT2D eigenvalue weighted by atomic mass is 35.5. The summed E-state index contributed by atoms with van der Waals surface area (Å²) in [7, 11) is 1.81. The van der Waals surface area contributed by atoms with E-state index in [1.165, 1.54) is 41.2 Å². The molecule has 0 atom stereocenters. The zero-order chi connectivity index (χ0) is 14.7.